The molecule has 0 aromatic rings. The van der Waals surface area contributed by atoms with Crippen molar-refractivity contribution in [2.45, 2.75) is 209 Å². The number of nitrogens with one attached hydrogen (secondary N) is 2. The molecule has 1 amide bonds. The summed E-state index contributed by atoms with van der Waals surface area (Å²) < 4.78 is 55.0. The minimum atomic E-state index is -1.79. The Labute approximate surface area is 360 Å². The van der Waals surface area contributed by atoms with E-state index in [1.165, 1.54) is 0 Å². The molecule has 0 spiro atoms. The molecule has 0 radical (unpaired) electrons. The Bertz CT molecular complexity index is 1340. The van der Waals surface area contributed by atoms with Crippen molar-refractivity contribution in [3.63, 3.8) is 0 Å². The van der Waals surface area contributed by atoms with Crippen molar-refractivity contribution in [1.82, 2.24) is 10.6 Å². The maximum Gasteiger partial charge on any atom is 0.307 e. The molecule has 18 heteroatoms. The second-order valence-corrected chi connectivity index (χ2v) is 21.2. The number of carboxylic acids is 1. The predicted molar refractivity (Wildman–Crippen MR) is 222 cm³/mol. The Morgan fingerprint density at radius 2 is 1.22 bits per heavy atom. The Hall–Kier alpha value is -0.770. The SMILES string of the molecule is CC1CCC(OOSOC2CCC(C(=O)O)C(C(=O)NC3CCC(S(=O)OC4CCC(NC5CC(OS(=O)OC6CCC(C)CC6)CCC5COO)CC4)CC3)C2)CC1. The van der Waals surface area contributed by atoms with E-state index >= 15 is 0 Å². The number of amides is 1. The van der Waals surface area contributed by atoms with Crippen LogP contribution in [-0.2, 0) is 62.9 Å². The average Bonchev–Trinajstić information content (AvgIpc) is 3.23. The van der Waals surface area contributed by atoms with E-state index in [0.29, 0.717) is 56.8 Å². The van der Waals surface area contributed by atoms with Gasteiger partial charge in [-0.1, -0.05) is 13.8 Å². The normalized spacial score (nSPS) is 39.5. The highest BCUT2D eigenvalue weighted by molar-refractivity contribution is 7.89. The van der Waals surface area contributed by atoms with E-state index in [-0.39, 0.29) is 78.7 Å². The summed E-state index contributed by atoms with van der Waals surface area (Å²) in [5, 5.41) is 25.9. The van der Waals surface area contributed by atoms with Gasteiger partial charge in [-0.2, -0.15) is 4.21 Å². The van der Waals surface area contributed by atoms with Gasteiger partial charge in [0.1, 0.15) is 0 Å². The molecular formula is C41H70N2O13S3. The number of hydrogen-bond donors (Lipinski definition) is 4. The van der Waals surface area contributed by atoms with E-state index in [9.17, 15) is 28.4 Å². The highest BCUT2D eigenvalue weighted by Crippen LogP contribution is 2.37. The van der Waals surface area contributed by atoms with E-state index in [1.807, 2.05) is 0 Å². The molecule has 340 valence electrons. The summed E-state index contributed by atoms with van der Waals surface area (Å²) >= 11 is -2.48. The first-order valence-corrected chi connectivity index (χ1v) is 25.4. The second-order valence-electron chi connectivity index (χ2n) is 18.6. The van der Waals surface area contributed by atoms with Gasteiger partial charge in [0.2, 0.25) is 5.91 Å². The van der Waals surface area contributed by atoms with Crippen LogP contribution in [0.5, 0.6) is 0 Å². The Morgan fingerprint density at radius 1 is 0.644 bits per heavy atom. The lowest BCUT2D eigenvalue weighted by Crippen LogP contribution is -2.50. The van der Waals surface area contributed by atoms with Crippen molar-refractivity contribution in [2.24, 2.45) is 29.6 Å². The molecule has 0 saturated heterocycles. The van der Waals surface area contributed by atoms with Crippen molar-refractivity contribution in [2.75, 3.05) is 6.61 Å². The number of hydrogen-bond acceptors (Lipinski definition) is 14. The Morgan fingerprint density at radius 3 is 1.88 bits per heavy atom. The summed E-state index contributed by atoms with van der Waals surface area (Å²) in [4.78, 5) is 35.7. The van der Waals surface area contributed by atoms with Gasteiger partial charge in [0.15, 0.2) is 23.4 Å². The zero-order chi connectivity index (χ0) is 41.7. The van der Waals surface area contributed by atoms with Crippen molar-refractivity contribution in [1.29, 1.82) is 0 Å². The van der Waals surface area contributed by atoms with Crippen molar-refractivity contribution in [3.05, 3.63) is 0 Å². The monoisotopic (exact) mass is 894 g/mol. The average molecular weight is 895 g/mol. The van der Waals surface area contributed by atoms with Crippen LogP contribution in [0.1, 0.15) is 155 Å². The molecule has 0 aliphatic heterocycles. The largest absolute Gasteiger partial charge is 0.481 e. The molecule has 6 aliphatic carbocycles. The van der Waals surface area contributed by atoms with Crippen LogP contribution in [-0.4, -0.2) is 91.2 Å². The molecule has 15 nitrogen and oxygen atoms in total. The highest BCUT2D eigenvalue weighted by atomic mass is 32.2. The van der Waals surface area contributed by atoms with Gasteiger partial charge in [-0.15, -0.1) is 4.33 Å². The van der Waals surface area contributed by atoms with Crippen molar-refractivity contribution >= 4 is 46.6 Å². The predicted octanol–water partition coefficient (Wildman–Crippen LogP) is 7.19. The standard InChI is InChI=1S/C41H70N2O13S3/c1-26-3-12-31(13-4-26)51-56-57-52-34-19-22-37(41(45)46)38(23-34)40(44)43-30-10-20-36(21-11-30)58(48)53-32-17-8-29(9-18-32)42-39-24-35(16-7-28(39)25-50-47)55-59(49)54-33-14-5-27(2)6-15-33/h26-39,42,47H,3-25H2,1-2H3,(H,43,44)(H,45,46). The summed E-state index contributed by atoms with van der Waals surface area (Å²) in [7, 11) is 0. The van der Waals surface area contributed by atoms with Crippen LogP contribution in [0, 0.1) is 29.6 Å². The quantitative estimate of drug-likeness (QED) is 0.0440. The van der Waals surface area contributed by atoms with Crippen LogP contribution in [0.4, 0.5) is 0 Å². The Kier molecular flexibility index (Phi) is 19.7. The van der Waals surface area contributed by atoms with Crippen LogP contribution in [0.15, 0.2) is 0 Å². The number of carbonyl (C=O) groups excluding carboxylic acids is 1. The number of carbonyl (C=O) groups is 2. The lowest BCUT2D eigenvalue weighted by molar-refractivity contribution is -0.254. The van der Waals surface area contributed by atoms with Gasteiger partial charge in [-0.25, -0.2) is 14.0 Å². The number of carboxylic acid groups (broad SMARTS) is 1. The van der Waals surface area contributed by atoms with Crippen LogP contribution >= 0.6 is 12.3 Å². The van der Waals surface area contributed by atoms with Crippen molar-refractivity contribution in [3.8, 4) is 0 Å². The lowest BCUT2D eigenvalue weighted by Gasteiger charge is -2.39. The van der Waals surface area contributed by atoms with Gasteiger partial charge < -0.3 is 15.7 Å². The van der Waals surface area contributed by atoms with Crippen LogP contribution in [0.25, 0.3) is 0 Å². The van der Waals surface area contributed by atoms with Crippen LogP contribution in [0.3, 0.4) is 0 Å². The minimum Gasteiger partial charge on any atom is -0.481 e. The zero-order valence-electron chi connectivity index (χ0n) is 35.0. The molecule has 0 heterocycles. The molecule has 6 rings (SSSR count). The highest BCUT2D eigenvalue weighted by Gasteiger charge is 2.42. The molecule has 59 heavy (non-hydrogen) atoms. The molecule has 6 fully saturated rings. The maximum absolute atomic E-state index is 13.5. The number of aliphatic carboxylic acids is 1. The topological polar surface area (TPSA) is 197 Å². The zero-order valence-corrected chi connectivity index (χ0v) is 37.4. The molecule has 8 unspecified atom stereocenters. The third-order valence-corrected chi connectivity index (χ3v) is 16.9. The third-order valence-electron chi connectivity index (χ3n) is 14.1. The molecule has 6 aliphatic rings. The summed E-state index contributed by atoms with van der Waals surface area (Å²) in [6.45, 7) is 4.70. The fourth-order valence-corrected chi connectivity index (χ4v) is 12.8. The molecule has 4 N–H and O–H groups in total. The fourth-order valence-electron chi connectivity index (χ4n) is 10.2. The summed E-state index contributed by atoms with van der Waals surface area (Å²) in [5.74, 6) is -1.25. The summed E-state index contributed by atoms with van der Waals surface area (Å²) in [5.41, 5.74) is 0. The van der Waals surface area contributed by atoms with Gasteiger partial charge in [0.25, 0.3) is 0 Å². The fraction of sp³-hybridized carbons (Fsp3) is 0.951. The van der Waals surface area contributed by atoms with E-state index in [0.717, 1.165) is 102 Å². The molecule has 6 saturated carbocycles. The first-order chi connectivity index (χ1) is 28.5. The van der Waals surface area contributed by atoms with Crippen molar-refractivity contribution < 1.29 is 59.2 Å². The third kappa shape index (κ3) is 15.2. The minimum absolute atomic E-state index is 0.0204. The van der Waals surface area contributed by atoms with Crippen LogP contribution in [0.2, 0.25) is 0 Å². The first-order valence-electron chi connectivity index (χ1n) is 22.6. The Balaban J connectivity index is 0.869. The smallest absolute Gasteiger partial charge is 0.307 e. The molecule has 0 bridgehead atoms. The van der Waals surface area contributed by atoms with E-state index in [2.05, 4.69) is 29.4 Å². The van der Waals surface area contributed by atoms with Gasteiger partial charge in [-0.05, 0) is 153 Å². The molecular weight excluding hydrogens is 825 g/mol. The van der Waals surface area contributed by atoms with Gasteiger partial charge in [0, 0.05) is 24.0 Å². The second kappa shape index (κ2) is 24.3. The number of rotatable bonds is 19. The first kappa shape index (κ1) is 47.7. The summed E-state index contributed by atoms with van der Waals surface area (Å²) in [6.07, 6.45) is 16.6. The van der Waals surface area contributed by atoms with E-state index < -0.39 is 40.2 Å². The van der Waals surface area contributed by atoms with Gasteiger partial charge in [0.05, 0.1) is 54.2 Å². The lowest BCUT2D eigenvalue weighted by atomic mass is 9.77. The van der Waals surface area contributed by atoms with Gasteiger partial charge >= 0.3 is 17.3 Å². The van der Waals surface area contributed by atoms with E-state index in [1.54, 1.807) is 0 Å². The molecule has 8 atom stereocenters. The molecule has 0 aromatic heterocycles. The van der Waals surface area contributed by atoms with Gasteiger partial charge in [-0.3, -0.25) is 31.6 Å². The van der Waals surface area contributed by atoms with Crippen LogP contribution < -0.4 is 10.6 Å². The maximum atomic E-state index is 13.5. The molecule has 0 aromatic carbocycles. The van der Waals surface area contributed by atoms with E-state index in [4.69, 9.17) is 26.0 Å². The summed E-state index contributed by atoms with van der Waals surface area (Å²) in [6, 6.07) is 0.133.